The molecule has 0 atom stereocenters. The molecule has 0 spiro atoms. The van der Waals surface area contributed by atoms with Crippen molar-refractivity contribution in [3.8, 4) is 33.8 Å². The number of furan rings is 1. The average molecular weight is 909 g/mol. The topological polar surface area (TPSA) is 64.7 Å². The number of hydrogen-bond donors (Lipinski definition) is 0. The fraction of sp³-hybridized carbons (Fsp3) is 0.319. The normalized spacial score (nSPS) is 11.8. The van der Waals surface area contributed by atoms with Gasteiger partial charge < -0.3 is 14.4 Å². The monoisotopic (exact) mass is 909 g/mol. The Morgan fingerprint density at radius 1 is 0.796 bits per heavy atom. The van der Waals surface area contributed by atoms with Crippen molar-refractivity contribution in [1.29, 1.82) is 0 Å². The van der Waals surface area contributed by atoms with E-state index in [1.807, 2.05) is 50.4 Å². The molecule has 7 rings (SSSR count). The molecule has 0 aliphatic rings. The second kappa shape index (κ2) is 16.6. The summed E-state index contributed by atoms with van der Waals surface area (Å²) in [4.78, 5) is 18.9. The summed E-state index contributed by atoms with van der Waals surface area (Å²) in [6.07, 6.45) is 6.09. The fourth-order valence-electron chi connectivity index (χ4n) is 7.18. The Labute approximate surface area is 336 Å². The molecule has 1 radical (unpaired) electrons. The van der Waals surface area contributed by atoms with Gasteiger partial charge in [0.15, 0.2) is 0 Å². The number of aryl methyl sites for hydroxylation is 3. The number of rotatable bonds is 7. The van der Waals surface area contributed by atoms with Crippen LogP contribution in [-0.2, 0) is 32.9 Å². The van der Waals surface area contributed by atoms with Gasteiger partial charge in [-0.05, 0) is 91.3 Å². The maximum atomic E-state index is 6.34. The van der Waals surface area contributed by atoms with Crippen LogP contribution in [0.15, 0.2) is 89.6 Å². The molecule has 0 saturated carbocycles. The molecule has 5 nitrogen and oxygen atoms in total. The standard InChI is InChI=1S/C29H28N3O.C18H24NSi.Ir/c1-17-14-18(2)31-19(3)26(17)24-11-10-22-21-8-7-9-23(27(21)33-28(22)32-24)25-15-20(12-13-30-25)16-29(4,5)6;1-14(2)11-16-12-17(15-9-7-6-8-10-15)19-13-18(16)20(3,4)5;/h7-8,10-15H,16H2,1-6H3;6-9,12-14H,11H2,1-5H3;/q2*-1;. The second-order valence-electron chi connectivity index (χ2n) is 16.9. The van der Waals surface area contributed by atoms with Crippen molar-refractivity contribution in [2.45, 2.75) is 87.9 Å². The largest absolute Gasteiger partial charge is 0.486 e. The van der Waals surface area contributed by atoms with Crippen LogP contribution in [0, 0.1) is 44.2 Å². The van der Waals surface area contributed by atoms with Gasteiger partial charge in [0, 0.05) is 54.8 Å². The van der Waals surface area contributed by atoms with Gasteiger partial charge in [-0.3, -0.25) is 4.98 Å². The van der Waals surface area contributed by atoms with Crippen molar-refractivity contribution < 1.29 is 24.5 Å². The first-order valence-electron chi connectivity index (χ1n) is 18.7. The summed E-state index contributed by atoms with van der Waals surface area (Å²) in [6, 6.07) is 31.4. The summed E-state index contributed by atoms with van der Waals surface area (Å²) < 4.78 is 6.34. The third-order valence-corrected chi connectivity index (χ3v) is 11.4. The Morgan fingerprint density at radius 3 is 2.24 bits per heavy atom. The molecule has 0 unspecified atom stereocenters. The predicted octanol–water partition coefficient (Wildman–Crippen LogP) is 11.7. The van der Waals surface area contributed by atoms with E-state index in [9.17, 15) is 0 Å². The van der Waals surface area contributed by atoms with Crippen LogP contribution in [0.1, 0.15) is 62.7 Å². The number of pyridine rings is 4. The molecular formula is C47H52IrN4OSi-2. The van der Waals surface area contributed by atoms with Crippen molar-refractivity contribution in [2.24, 2.45) is 11.3 Å². The quantitative estimate of drug-likeness (QED) is 0.118. The SMILES string of the molecule is CC(C)Cc1cc(-c2[c-]cccc2)ncc1[Si](C)(C)C.Cc1cc(C)c(-c2ccc3c(n2)oc2c(-c4cc(CC(C)(C)C)ccn4)[c-]ccc23)c(C)n1.[Ir]. The third kappa shape index (κ3) is 9.49. The number of benzene rings is 2. The molecule has 54 heavy (non-hydrogen) atoms. The fourth-order valence-corrected chi connectivity index (χ4v) is 8.77. The third-order valence-electron chi connectivity index (χ3n) is 9.31. The van der Waals surface area contributed by atoms with E-state index in [0.29, 0.717) is 11.6 Å². The Morgan fingerprint density at radius 2 is 1.57 bits per heavy atom. The van der Waals surface area contributed by atoms with E-state index in [4.69, 9.17) is 9.40 Å². The maximum absolute atomic E-state index is 6.34. The van der Waals surface area contributed by atoms with Crippen LogP contribution in [0.5, 0.6) is 0 Å². The zero-order chi connectivity index (χ0) is 38.1. The van der Waals surface area contributed by atoms with Gasteiger partial charge in [-0.15, -0.1) is 54.1 Å². The van der Waals surface area contributed by atoms with Gasteiger partial charge in [0.25, 0.3) is 0 Å². The van der Waals surface area contributed by atoms with E-state index in [2.05, 4.69) is 137 Å². The second-order valence-corrected chi connectivity index (χ2v) is 22.0. The molecular weight excluding hydrogens is 857 g/mol. The smallest absolute Gasteiger partial charge is 0.216 e. The first-order chi connectivity index (χ1) is 25.1. The van der Waals surface area contributed by atoms with Crippen molar-refractivity contribution in [1.82, 2.24) is 19.9 Å². The zero-order valence-corrected chi connectivity index (χ0v) is 37.0. The van der Waals surface area contributed by atoms with Gasteiger partial charge in [-0.25, -0.2) is 4.98 Å². The first-order valence-corrected chi connectivity index (χ1v) is 22.2. The molecule has 0 fully saturated rings. The predicted molar refractivity (Wildman–Crippen MR) is 224 cm³/mol. The van der Waals surface area contributed by atoms with Crippen LogP contribution in [0.3, 0.4) is 0 Å². The molecule has 0 aliphatic carbocycles. The number of nitrogens with zero attached hydrogens (tertiary/aromatic N) is 4. The van der Waals surface area contributed by atoms with E-state index in [-0.39, 0.29) is 25.5 Å². The van der Waals surface area contributed by atoms with Gasteiger partial charge >= 0.3 is 0 Å². The minimum atomic E-state index is -1.34. The summed E-state index contributed by atoms with van der Waals surface area (Å²) in [5.41, 5.74) is 13.3. The van der Waals surface area contributed by atoms with Crippen LogP contribution >= 0.6 is 0 Å². The molecule has 0 saturated heterocycles. The van der Waals surface area contributed by atoms with Crippen LogP contribution in [0.4, 0.5) is 0 Å². The Balaban J connectivity index is 0.000000230. The number of aromatic nitrogens is 4. The van der Waals surface area contributed by atoms with Crippen LogP contribution in [0.25, 0.3) is 55.8 Å². The molecule has 0 bridgehead atoms. The maximum Gasteiger partial charge on any atom is 0.216 e. The Hall–Kier alpha value is -4.29. The van der Waals surface area contributed by atoms with E-state index >= 15 is 0 Å². The van der Waals surface area contributed by atoms with E-state index in [1.165, 1.54) is 16.3 Å². The van der Waals surface area contributed by atoms with E-state index < -0.39 is 8.07 Å². The molecule has 0 N–H and O–H groups in total. The summed E-state index contributed by atoms with van der Waals surface area (Å²) in [5.74, 6) is 0.667. The molecule has 5 heterocycles. The average Bonchev–Trinajstić information content (AvgIpc) is 3.45. The van der Waals surface area contributed by atoms with Crippen molar-refractivity contribution >= 4 is 35.3 Å². The minimum Gasteiger partial charge on any atom is -0.486 e. The van der Waals surface area contributed by atoms with Gasteiger partial charge in [0.1, 0.15) is 0 Å². The summed E-state index contributed by atoms with van der Waals surface area (Å²) >= 11 is 0. The zero-order valence-electron chi connectivity index (χ0n) is 33.6. The summed E-state index contributed by atoms with van der Waals surface area (Å²) in [5, 5.41) is 3.51. The Bertz CT molecular complexity index is 2360. The molecule has 281 valence electrons. The minimum absolute atomic E-state index is 0. The van der Waals surface area contributed by atoms with Gasteiger partial charge in [0.05, 0.1) is 19.4 Å². The van der Waals surface area contributed by atoms with Crippen molar-refractivity contribution in [3.63, 3.8) is 0 Å². The van der Waals surface area contributed by atoms with Gasteiger partial charge in [0.2, 0.25) is 5.71 Å². The molecule has 7 heteroatoms. The Kier molecular flexibility index (Phi) is 12.6. The van der Waals surface area contributed by atoms with Crippen molar-refractivity contribution in [2.75, 3.05) is 0 Å². The van der Waals surface area contributed by atoms with Gasteiger partial charge in [-0.2, -0.15) is 0 Å². The number of hydrogen-bond acceptors (Lipinski definition) is 5. The number of fused-ring (bicyclic) bond motifs is 3. The van der Waals surface area contributed by atoms with Crippen LogP contribution in [0.2, 0.25) is 19.6 Å². The van der Waals surface area contributed by atoms with Crippen LogP contribution in [-0.4, -0.2) is 28.0 Å². The van der Waals surface area contributed by atoms with Crippen molar-refractivity contribution in [3.05, 3.63) is 125 Å². The molecule has 7 aromatic rings. The van der Waals surface area contributed by atoms with E-state index in [1.54, 1.807) is 0 Å². The summed E-state index contributed by atoms with van der Waals surface area (Å²) in [6.45, 7) is 24.6. The molecule has 0 amide bonds. The van der Waals surface area contributed by atoms with E-state index in [0.717, 1.165) is 79.9 Å². The molecule has 5 aromatic heterocycles. The molecule has 0 aliphatic heterocycles. The molecule has 2 aromatic carbocycles. The van der Waals surface area contributed by atoms with Gasteiger partial charge in [-0.1, -0.05) is 88.5 Å². The first kappa shape index (κ1) is 40.9. The van der Waals surface area contributed by atoms with Crippen LogP contribution < -0.4 is 5.19 Å². The summed E-state index contributed by atoms with van der Waals surface area (Å²) in [7, 11) is -1.34.